The van der Waals surface area contributed by atoms with Crippen LogP contribution in [0.5, 0.6) is 0 Å². The summed E-state index contributed by atoms with van der Waals surface area (Å²) in [7, 11) is 4.57. The molecule has 0 bridgehead atoms. The largest absolute Gasteiger partial charge is 0.335 e. The highest BCUT2D eigenvalue weighted by atomic mass is 28.2. The fourth-order valence-corrected chi connectivity index (χ4v) is 7.16. The number of ether oxygens (including phenoxy) is 3. The number of hydrogen-bond donors (Lipinski definition) is 0. The Kier molecular flexibility index (Phi) is 8.06. The summed E-state index contributed by atoms with van der Waals surface area (Å²) in [5.41, 5.74) is 0.109. The van der Waals surface area contributed by atoms with Crippen molar-refractivity contribution >= 4 is 9.52 Å². The second-order valence-electron chi connectivity index (χ2n) is 7.85. The molecule has 0 aromatic rings. The minimum atomic E-state index is -0.699. The van der Waals surface area contributed by atoms with Crippen molar-refractivity contribution in [2.45, 2.75) is 82.3 Å². The predicted octanol–water partition coefficient (Wildman–Crippen LogP) is 4.29. The van der Waals surface area contributed by atoms with Crippen LogP contribution in [-0.2, 0) is 14.2 Å². The Morgan fingerprint density at radius 1 is 0.783 bits per heavy atom. The van der Waals surface area contributed by atoms with Gasteiger partial charge in [-0.05, 0) is 36.1 Å². The second kappa shape index (κ2) is 9.55. The van der Waals surface area contributed by atoms with Crippen LogP contribution in [0.3, 0.4) is 0 Å². The van der Waals surface area contributed by atoms with Crippen molar-refractivity contribution in [3.8, 4) is 0 Å². The van der Waals surface area contributed by atoms with Crippen molar-refractivity contribution < 1.29 is 14.2 Å². The maximum atomic E-state index is 5.53. The van der Waals surface area contributed by atoms with Gasteiger partial charge in [0.15, 0.2) is 0 Å². The van der Waals surface area contributed by atoms with Gasteiger partial charge in [-0.15, -0.1) is 0 Å². The van der Waals surface area contributed by atoms with Crippen LogP contribution in [0.15, 0.2) is 0 Å². The molecule has 4 heteroatoms. The molecule has 2 rings (SSSR count). The van der Waals surface area contributed by atoms with E-state index in [2.05, 4.69) is 6.92 Å². The molecule has 2 fully saturated rings. The monoisotopic (exact) mass is 342 g/mol. The first kappa shape index (κ1) is 19.4. The van der Waals surface area contributed by atoms with Gasteiger partial charge >= 0.3 is 0 Å². The van der Waals surface area contributed by atoms with E-state index in [4.69, 9.17) is 14.2 Å². The average Bonchev–Trinajstić information content (AvgIpc) is 2.61. The lowest BCUT2D eigenvalue weighted by Crippen LogP contribution is -2.45. The van der Waals surface area contributed by atoms with E-state index in [0.29, 0.717) is 0 Å². The van der Waals surface area contributed by atoms with Gasteiger partial charge in [-0.25, -0.2) is 0 Å². The molecule has 2 saturated carbocycles. The van der Waals surface area contributed by atoms with E-state index in [-0.39, 0.29) is 0 Å². The molecule has 3 nitrogen and oxygen atoms in total. The molecule has 0 spiro atoms. The first-order chi connectivity index (χ1) is 11.2. The summed E-state index contributed by atoms with van der Waals surface area (Å²) >= 11 is 0. The quantitative estimate of drug-likeness (QED) is 0.486. The van der Waals surface area contributed by atoms with E-state index in [1.807, 2.05) is 0 Å². The first-order valence-electron chi connectivity index (χ1n) is 9.81. The van der Waals surface area contributed by atoms with Gasteiger partial charge in [-0.2, -0.15) is 0 Å². The molecule has 0 saturated heterocycles. The van der Waals surface area contributed by atoms with Crippen molar-refractivity contribution in [2.75, 3.05) is 21.3 Å². The molecule has 136 valence electrons. The molecule has 0 aliphatic heterocycles. The Morgan fingerprint density at radius 2 is 1.26 bits per heavy atom. The summed E-state index contributed by atoms with van der Waals surface area (Å²) in [4.78, 5) is 0. The Balaban J connectivity index is 1.74. The zero-order valence-electron chi connectivity index (χ0n) is 15.8. The summed E-state index contributed by atoms with van der Waals surface area (Å²) in [5, 5.41) is 0. The van der Waals surface area contributed by atoms with Crippen LogP contribution in [0, 0.1) is 17.8 Å². The minimum Gasteiger partial charge on any atom is -0.335 e. The van der Waals surface area contributed by atoms with Crippen LogP contribution in [0.1, 0.15) is 71.1 Å². The van der Waals surface area contributed by atoms with E-state index >= 15 is 0 Å². The maximum Gasteiger partial charge on any atom is 0.248 e. The van der Waals surface area contributed by atoms with Gasteiger partial charge in [-0.1, -0.05) is 58.3 Å². The van der Waals surface area contributed by atoms with Crippen LogP contribution in [-0.4, -0.2) is 36.4 Å². The van der Waals surface area contributed by atoms with Crippen LogP contribution >= 0.6 is 0 Å². The molecule has 0 aromatic heterocycles. The van der Waals surface area contributed by atoms with Gasteiger partial charge in [0, 0.05) is 21.3 Å². The lowest BCUT2D eigenvalue weighted by Gasteiger charge is -2.39. The van der Waals surface area contributed by atoms with Gasteiger partial charge < -0.3 is 14.2 Å². The van der Waals surface area contributed by atoms with Gasteiger partial charge in [0.1, 0.15) is 9.52 Å². The van der Waals surface area contributed by atoms with Crippen LogP contribution in [0.2, 0.25) is 5.54 Å². The van der Waals surface area contributed by atoms with Crippen molar-refractivity contribution in [3.63, 3.8) is 0 Å². The van der Waals surface area contributed by atoms with E-state index in [0.717, 1.165) is 23.3 Å². The van der Waals surface area contributed by atoms with Crippen LogP contribution < -0.4 is 0 Å². The Morgan fingerprint density at radius 3 is 1.70 bits per heavy atom. The Labute approximate surface area is 145 Å². The van der Waals surface area contributed by atoms with E-state index in [1.165, 1.54) is 64.2 Å². The van der Waals surface area contributed by atoms with Gasteiger partial charge in [-0.3, -0.25) is 0 Å². The second-order valence-corrected chi connectivity index (χ2v) is 10.3. The molecular weight excluding hydrogens is 304 g/mol. The highest BCUT2D eigenvalue weighted by molar-refractivity contribution is 6.40. The molecule has 2 aliphatic rings. The minimum absolute atomic E-state index is 0.561. The lowest BCUT2D eigenvalue weighted by atomic mass is 9.70. The molecule has 2 aliphatic carbocycles. The Bertz CT molecular complexity index is 308. The normalized spacial score (nSPS) is 33.4. The molecule has 0 atom stereocenters. The topological polar surface area (TPSA) is 27.7 Å². The molecule has 23 heavy (non-hydrogen) atoms. The molecule has 0 heterocycles. The van der Waals surface area contributed by atoms with Crippen molar-refractivity contribution in [3.05, 3.63) is 0 Å². The lowest BCUT2D eigenvalue weighted by molar-refractivity contribution is -0.295. The van der Waals surface area contributed by atoms with E-state index in [1.54, 1.807) is 21.3 Å². The van der Waals surface area contributed by atoms with Gasteiger partial charge in [0.25, 0.3) is 0 Å². The molecule has 0 unspecified atom stereocenters. The zero-order chi connectivity index (χ0) is 16.7. The average molecular weight is 343 g/mol. The summed E-state index contributed by atoms with van der Waals surface area (Å²) in [6.45, 7) is 2.33. The summed E-state index contributed by atoms with van der Waals surface area (Å²) in [6.07, 6.45) is 14.4. The molecule has 0 amide bonds. The van der Waals surface area contributed by atoms with Crippen molar-refractivity contribution in [2.24, 2.45) is 17.8 Å². The zero-order valence-corrected chi connectivity index (χ0v) is 17.2. The van der Waals surface area contributed by atoms with Crippen molar-refractivity contribution in [1.29, 1.82) is 0 Å². The molecule has 0 radical (unpaired) electrons. The van der Waals surface area contributed by atoms with Crippen LogP contribution in [0.4, 0.5) is 0 Å². The standard InChI is InChI=1S/C19H38O3Si/c1-5-6-15-7-9-16(10-8-15)17-11-13-18(14-12-17)23-19(20-2,21-3)22-4/h15-18H,5-14,23H2,1-4H3. The van der Waals surface area contributed by atoms with Crippen molar-refractivity contribution in [1.82, 2.24) is 0 Å². The SMILES string of the molecule is CCCC1CCC(C2CCC([SiH2]C(OC)(OC)OC)CC2)CC1. The third kappa shape index (κ3) is 5.28. The third-order valence-electron chi connectivity index (χ3n) is 6.62. The highest BCUT2D eigenvalue weighted by Gasteiger charge is 2.37. The molecule has 0 aromatic carbocycles. The third-order valence-corrected chi connectivity index (χ3v) is 9.38. The molecular formula is C19H38O3Si. The van der Waals surface area contributed by atoms with Gasteiger partial charge in [0.2, 0.25) is 5.60 Å². The molecule has 0 N–H and O–H groups in total. The van der Waals surface area contributed by atoms with E-state index < -0.39 is 15.1 Å². The number of hydrogen-bond acceptors (Lipinski definition) is 3. The predicted molar refractivity (Wildman–Crippen MR) is 98.4 cm³/mol. The number of rotatable bonds is 8. The summed E-state index contributed by atoms with van der Waals surface area (Å²) < 4.78 is 16.6. The first-order valence-corrected chi connectivity index (χ1v) is 11.3. The van der Waals surface area contributed by atoms with Gasteiger partial charge in [0.05, 0.1) is 0 Å². The number of methoxy groups -OCH3 is 3. The maximum absolute atomic E-state index is 5.53. The fraction of sp³-hybridized carbons (Fsp3) is 1.00. The summed E-state index contributed by atoms with van der Waals surface area (Å²) in [5.74, 6) is 3.04. The fourth-order valence-electron chi connectivity index (χ4n) is 5.07. The van der Waals surface area contributed by atoms with E-state index in [9.17, 15) is 0 Å². The van der Waals surface area contributed by atoms with Crippen LogP contribution in [0.25, 0.3) is 0 Å². The highest BCUT2D eigenvalue weighted by Crippen LogP contribution is 2.44. The smallest absolute Gasteiger partial charge is 0.248 e. The summed E-state index contributed by atoms with van der Waals surface area (Å²) in [6, 6.07) is 0. The Hall–Kier alpha value is 0.0969.